The molecule has 0 amide bonds. The molecule has 0 saturated carbocycles. The molecule has 0 aromatic carbocycles. The molecule has 1 saturated heterocycles. The van der Waals surface area contributed by atoms with Gasteiger partial charge in [0.05, 0.1) is 6.61 Å². The van der Waals surface area contributed by atoms with Crippen molar-refractivity contribution < 1.29 is 4.74 Å². The van der Waals surface area contributed by atoms with Gasteiger partial charge in [0, 0.05) is 32.3 Å². The molecule has 1 aliphatic rings. The minimum atomic E-state index is 0.165. The van der Waals surface area contributed by atoms with Crippen LogP contribution in [-0.4, -0.2) is 43.8 Å². The summed E-state index contributed by atoms with van der Waals surface area (Å²) in [6.07, 6.45) is 1.31. The zero-order valence-corrected chi connectivity index (χ0v) is 8.99. The number of hydrogen-bond acceptors (Lipinski definition) is 3. The topological polar surface area (TPSA) is 38.5 Å². The van der Waals surface area contributed by atoms with Crippen molar-refractivity contribution in [1.82, 2.24) is 4.90 Å². The molecule has 1 aliphatic heterocycles. The Morgan fingerprint density at radius 2 is 2.23 bits per heavy atom. The highest BCUT2D eigenvalue weighted by Gasteiger charge is 2.26. The SMILES string of the molecule is COCC(N)CN1CC(C)CC1C. The van der Waals surface area contributed by atoms with Crippen LogP contribution in [0.1, 0.15) is 20.3 Å². The monoisotopic (exact) mass is 186 g/mol. The highest BCUT2D eigenvalue weighted by molar-refractivity contribution is 4.82. The van der Waals surface area contributed by atoms with E-state index < -0.39 is 0 Å². The van der Waals surface area contributed by atoms with Crippen LogP contribution in [0.25, 0.3) is 0 Å². The lowest BCUT2D eigenvalue weighted by atomic mass is 10.1. The maximum absolute atomic E-state index is 5.91. The first-order chi connectivity index (χ1) is 6.13. The molecule has 0 radical (unpaired) electrons. The van der Waals surface area contributed by atoms with Crippen LogP contribution in [0, 0.1) is 5.92 Å². The molecule has 0 aromatic heterocycles. The molecule has 3 nitrogen and oxygen atoms in total. The zero-order valence-electron chi connectivity index (χ0n) is 8.99. The van der Waals surface area contributed by atoms with E-state index in [1.807, 2.05) is 0 Å². The fraction of sp³-hybridized carbons (Fsp3) is 1.00. The summed E-state index contributed by atoms with van der Waals surface area (Å²) in [5, 5.41) is 0. The Bertz CT molecular complexity index is 152. The first kappa shape index (κ1) is 11.0. The number of hydrogen-bond donors (Lipinski definition) is 1. The largest absolute Gasteiger partial charge is 0.383 e. The van der Waals surface area contributed by atoms with Crippen molar-refractivity contribution in [3.8, 4) is 0 Å². The van der Waals surface area contributed by atoms with E-state index in [4.69, 9.17) is 10.5 Å². The van der Waals surface area contributed by atoms with Gasteiger partial charge in [-0.3, -0.25) is 4.90 Å². The van der Waals surface area contributed by atoms with Crippen molar-refractivity contribution in [3.05, 3.63) is 0 Å². The third-order valence-electron chi connectivity index (χ3n) is 2.76. The zero-order chi connectivity index (χ0) is 9.84. The average Bonchev–Trinajstić information content (AvgIpc) is 2.30. The molecule has 1 heterocycles. The van der Waals surface area contributed by atoms with Gasteiger partial charge < -0.3 is 10.5 Å². The van der Waals surface area contributed by atoms with Gasteiger partial charge in [0.1, 0.15) is 0 Å². The predicted molar refractivity (Wildman–Crippen MR) is 54.7 cm³/mol. The minimum Gasteiger partial charge on any atom is -0.383 e. The molecule has 0 aromatic rings. The van der Waals surface area contributed by atoms with Crippen molar-refractivity contribution in [3.63, 3.8) is 0 Å². The summed E-state index contributed by atoms with van der Waals surface area (Å²) < 4.78 is 5.02. The van der Waals surface area contributed by atoms with E-state index in [0.717, 1.165) is 12.5 Å². The van der Waals surface area contributed by atoms with Gasteiger partial charge in [0.25, 0.3) is 0 Å². The van der Waals surface area contributed by atoms with Crippen molar-refractivity contribution in [1.29, 1.82) is 0 Å². The van der Waals surface area contributed by atoms with Crippen LogP contribution in [0.4, 0.5) is 0 Å². The predicted octanol–water partition coefficient (Wildman–Crippen LogP) is 0.690. The number of nitrogens with two attached hydrogens (primary N) is 1. The molecule has 3 atom stereocenters. The van der Waals surface area contributed by atoms with Crippen LogP contribution in [0.2, 0.25) is 0 Å². The highest BCUT2D eigenvalue weighted by Crippen LogP contribution is 2.21. The Labute approximate surface area is 81.2 Å². The minimum absolute atomic E-state index is 0.165. The van der Waals surface area contributed by atoms with Gasteiger partial charge in [-0.1, -0.05) is 6.92 Å². The quantitative estimate of drug-likeness (QED) is 0.702. The first-order valence-electron chi connectivity index (χ1n) is 5.12. The molecule has 1 fully saturated rings. The Morgan fingerprint density at radius 1 is 1.54 bits per heavy atom. The second kappa shape index (κ2) is 4.94. The average molecular weight is 186 g/mol. The summed E-state index contributed by atoms with van der Waals surface area (Å²) >= 11 is 0. The lowest BCUT2D eigenvalue weighted by Crippen LogP contribution is -2.41. The fourth-order valence-electron chi connectivity index (χ4n) is 2.21. The van der Waals surface area contributed by atoms with E-state index in [-0.39, 0.29) is 6.04 Å². The number of ether oxygens (including phenoxy) is 1. The van der Waals surface area contributed by atoms with Gasteiger partial charge in [-0.2, -0.15) is 0 Å². The Hall–Kier alpha value is -0.120. The van der Waals surface area contributed by atoms with Crippen molar-refractivity contribution >= 4 is 0 Å². The van der Waals surface area contributed by atoms with Crippen LogP contribution in [0.3, 0.4) is 0 Å². The van der Waals surface area contributed by atoms with Gasteiger partial charge in [-0.15, -0.1) is 0 Å². The molecule has 0 aliphatic carbocycles. The smallest absolute Gasteiger partial charge is 0.0626 e. The van der Waals surface area contributed by atoms with E-state index >= 15 is 0 Å². The number of methoxy groups -OCH3 is 1. The van der Waals surface area contributed by atoms with E-state index in [1.54, 1.807) is 7.11 Å². The number of likely N-dealkylation sites (tertiary alicyclic amines) is 1. The van der Waals surface area contributed by atoms with Crippen LogP contribution in [0.15, 0.2) is 0 Å². The third kappa shape index (κ3) is 3.25. The maximum Gasteiger partial charge on any atom is 0.0626 e. The van der Waals surface area contributed by atoms with Crippen LogP contribution in [0.5, 0.6) is 0 Å². The molecular formula is C10H22N2O. The molecule has 0 spiro atoms. The Morgan fingerprint density at radius 3 is 2.69 bits per heavy atom. The molecule has 0 bridgehead atoms. The molecule has 3 unspecified atom stereocenters. The summed E-state index contributed by atoms with van der Waals surface area (Å²) in [6.45, 7) is 7.41. The van der Waals surface area contributed by atoms with E-state index in [0.29, 0.717) is 12.6 Å². The number of nitrogens with zero attached hydrogens (tertiary/aromatic N) is 1. The molecule has 3 heteroatoms. The number of rotatable bonds is 4. The second-order valence-corrected chi connectivity index (χ2v) is 4.36. The lowest BCUT2D eigenvalue weighted by Gasteiger charge is -2.24. The van der Waals surface area contributed by atoms with Gasteiger partial charge in [-0.05, 0) is 19.3 Å². The van der Waals surface area contributed by atoms with E-state index in [1.165, 1.54) is 13.0 Å². The standard InChI is InChI=1S/C10H22N2O/c1-8-4-9(2)12(5-8)6-10(11)7-13-3/h8-10H,4-7,11H2,1-3H3. The van der Waals surface area contributed by atoms with Gasteiger partial charge in [-0.25, -0.2) is 0 Å². The van der Waals surface area contributed by atoms with Gasteiger partial charge >= 0.3 is 0 Å². The summed E-state index contributed by atoms with van der Waals surface area (Å²) in [6, 6.07) is 0.857. The molecule has 78 valence electrons. The van der Waals surface area contributed by atoms with Gasteiger partial charge in [0.15, 0.2) is 0 Å². The van der Waals surface area contributed by atoms with Crippen LogP contribution >= 0.6 is 0 Å². The van der Waals surface area contributed by atoms with Crippen LogP contribution < -0.4 is 5.73 Å². The third-order valence-corrected chi connectivity index (χ3v) is 2.76. The van der Waals surface area contributed by atoms with E-state index in [9.17, 15) is 0 Å². The normalized spacial score (nSPS) is 32.3. The highest BCUT2D eigenvalue weighted by atomic mass is 16.5. The summed E-state index contributed by atoms with van der Waals surface area (Å²) in [4.78, 5) is 2.47. The maximum atomic E-state index is 5.91. The van der Waals surface area contributed by atoms with E-state index in [2.05, 4.69) is 18.7 Å². The fourth-order valence-corrected chi connectivity index (χ4v) is 2.21. The molecule has 1 rings (SSSR count). The Kier molecular flexibility index (Phi) is 4.16. The molecular weight excluding hydrogens is 164 g/mol. The summed E-state index contributed by atoms with van der Waals surface area (Å²) in [5.74, 6) is 0.824. The van der Waals surface area contributed by atoms with Crippen molar-refractivity contribution in [2.45, 2.75) is 32.4 Å². The second-order valence-electron chi connectivity index (χ2n) is 4.36. The molecule has 13 heavy (non-hydrogen) atoms. The lowest BCUT2D eigenvalue weighted by molar-refractivity contribution is 0.150. The first-order valence-corrected chi connectivity index (χ1v) is 5.12. The van der Waals surface area contributed by atoms with Crippen LogP contribution in [-0.2, 0) is 4.74 Å². The Balaban J connectivity index is 2.28. The molecule has 2 N–H and O–H groups in total. The summed E-state index contributed by atoms with van der Waals surface area (Å²) in [7, 11) is 1.70. The summed E-state index contributed by atoms with van der Waals surface area (Å²) in [5.41, 5.74) is 5.91. The van der Waals surface area contributed by atoms with Crippen molar-refractivity contribution in [2.24, 2.45) is 11.7 Å². The van der Waals surface area contributed by atoms with Gasteiger partial charge in [0.2, 0.25) is 0 Å². The van der Waals surface area contributed by atoms with Crippen molar-refractivity contribution in [2.75, 3.05) is 26.8 Å².